The summed E-state index contributed by atoms with van der Waals surface area (Å²) in [5.74, 6) is 0. The molecule has 0 radical (unpaired) electrons. The zero-order valence-corrected chi connectivity index (χ0v) is 11.1. The van der Waals surface area contributed by atoms with Gasteiger partial charge in [0.05, 0.1) is 0 Å². The molecule has 0 amide bonds. The average Bonchev–Trinajstić information content (AvgIpc) is 1.84. The van der Waals surface area contributed by atoms with E-state index >= 15 is 0 Å². The molecule has 0 rings (SSSR count). The Morgan fingerprint density at radius 1 is 1.40 bits per heavy atom. The van der Waals surface area contributed by atoms with Gasteiger partial charge in [-0.1, -0.05) is 20.3 Å². The molecule has 2 nitrogen and oxygen atoms in total. The minimum atomic E-state index is -2.94. The van der Waals surface area contributed by atoms with Gasteiger partial charge in [0.2, 0.25) is 0 Å². The van der Waals surface area contributed by atoms with E-state index in [2.05, 4.69) is 0 Å². The molecule has 0 aromatic rings. The van der Waals surface area contributed by atoms with E-state index in [4.69, 9.17) is 0 Å². The van der Waals surface area contributed by atoms with Crippen molar-refractivity contribution in [2.24, 2.45) is 0 Å². The molecule has 0 aliphatic carbocycles. The Hall–Kier alpha value is 1.83. The summed E-state index contributed by atoms with van der Waals surface area (Å²) in [6.07, 6.45) is 2.48. The Morgan fingerprint density at radius 3 is 2.20 bits per heavy atom. The fourth-order valence-electron chi connectivity index (χ4n) is 0.557. The van der Waals surface area contributed by atoms with E-state index in [1.54, 1.807) is 6.92 Å². The van der Waals surface area contributed by atoms with E-state index < -0.39 is 7.37 Å². The maximum Gasteiger partial charge on any atom is 1.00 e. The van der Waals surface area contributed by atoms with Crippen molar-refractivity contribution in [3.63, 3.8) is 0 Å². The molecule has 0 aromatic heterocycles. The summed E-state index contributed by atoms with van der Waals surface area (Å²) >= 11 is 0. The predicted octanol–water partition coefficient (Wildman–Crippen LogP) is -1.55. The second-order valence-electron chi connectivity index (χ2n) is 2.21. The summed E-state index contributed by atoms with van der Waals surface area (Å²) in [7, 11) is -2.94. The van der Waals surface area contributed by atoms with Crippen LogP contribution in [0.3, 0.4) is 0 Å². The van der Waals surface area contributed by atoms with Gasteiger partial charge in [-0.3, -0.25) is 0 Å². The van der Waals surface area contributed by atoms with Gasteiger partial charge in [-0.2, -0.15) is 0 Å². The van der Waals surface area contributed by atoms with Crippen LogP contribution in [0, 0.1) is 0 Å². The van der Waals surface area contributed by atoms with Gasteiger partial charge in [0.25, 0.3) is 0 Å². The fourth-order valence-corrected chi connectivity index (χ4v) is 1.67. The normalized spacial score (nSPS) is 15.5. The molecular formula is C6H14KO2P. The Balaban J connectivity index is 0. The van der Waals surface area contributed by atoms with E-state index in [0.717, 1.165) is 12.8 Å². The molecule has 0 aliphatic heterocycles. The predicted molar refractivity (Wildman–Crippen MR) is 37.9 cm³/mol. The van der Waals surface area contributed by atoms with Gasteiger partial charge >= 0.3 is 51.4 Å². The molecule has 1 atom stereocenters. The van der Waals surface area contributed by atoms with Crippen molar-refractivity contribution in [1.29, 1.82) is 0 Å². The van der Waals surface area contributed by atoms with E-state index in [1.807, 2.05) is 6.92 Å². The van der Waals surface area contributed by atoms with E-state index in [1.165, 1.54) is 0 Å². The van der Waals surface area contributed by atoms with Crippen molar-refractivity contribution in [3.05, 3.63) is 0 Å². The molecule has 0 heterocycles. The third-order valence-electron chi connectivity index (χ3n) is 1.33. The summed E-state index contributed by atoms with van der Waals surface area (Å²) in [6, 6.07) is 0. The molecule has 0 spiro atoms. The zero-order chi connectivity index (χ0) is 7.33. The van der Waals surface area contributed by atoms with E-state index in [-0.39, 0.29) is 51.4 Å². The topological polar surface area (TPSA) is 40.1 Å². The van der Waals surface area contributed by atoms with Crippen LogP contribution in [0.15, 0.2) is 0 Å². The molecule has 0 saturated heterocycles. The number of unbranched alkanes of at least 4 members (excludes halogenated alkanes) is 1. The second-order valence-corrected chi connectivity index (χ2v) is 4.92. The number of rotatable bonds is 4. The van der Waals surface area contributed by atoms with Crippen molar-refractivity contribution in [3.8, 4) is 0 Å². The average molecular weight is 188 g/mol. The SMILES string of the molecule is CCCCP(=O)([O-])CC.[K+]. The Bertz CT molecular complexity index is 116. The van der Waals surface area contributed by atoms with E-state index in [0.29, 0.717) is 12.3 Å². The Labute approximate surface area is 106 Å². The van der Waals surface area contributed by atoms with Gasteiger partial charge in [0.1, 0.15) is 0 Å². The summed E-state index contributed by atoms with van der Waals surface area (Å²) in [5, 5.41) is 0. The monoisotopic (exact) mass is 188 g/mol. The summed E-state index contributed by atoms with van der Waals surface area (Å²) < 4.78 is 10.8. The van der Waals surface area contributed by atoms with Crippen molar-refractivity contribution < 1.29 is 60.8 Å². The standard InChI is InChI=1S/C6H15O2P.K/c1-3-5-6-9(7,8)4-2;/h3-6H2,1-2H3,(H,7,8);/q;+1/p-1. The largest absolute Gasteiger partial charge is 1.00 e. The first-order chi connectivity index (χ1) is 4.12. The maximum absolute atomic E-state index is 10.8. The first kappa shape index (κ1) is 14.4. The minimum absolute atomic E-state index is 0. The van der Waals surface area contributed by atoms with Gasteiger partial charge in [-0.25, -0.2) is 0 Å². The van der Waals surface area contributed by atoms with Crippen LogP contribution in [0.5, 0.6) is 0 Å². The molecule has 1 unspecified atom stereocenters. The van der Waals surface area contributed by atoms with E-state index in [9.17, 15) is 9.46 Å². The molecule has 0 aliphatic rings. The van der Waals surface area contributed by atoms with Crippen LogP contribution in [-0.2, 0) is 4.57 Å². The third kappa shape index (κ3) is 7.93. The summed E-state index contributed by atoms with van der Waals surface area (Å²) in [4.78, 5) is 10.8. The summed E-state index contributed by atoms with van der Waals surface area (Å²) in [5.41, 5.74) is 0. The van der Waals surface area contributed by atoms with Crippen molar-refractivity contribution in [2.75, 3.05) is 12.3 Å². The molecular weight excluding hydrogens is 174 g/mol. The smallest absolute Gasteiger partial charge is 0.799 e. The van der Waals surface area contributed by atoms with Gasteiger partial charge in [-0.05, 0) is 18.7 Å². The Kier molecular flexibility index (Phi) is 10.7. The molecule has 0 saturated carbocycles. The maximum atomic E-state index is 10.8. The van der Waals surface area contributed by atoms with Crippen LogP contribution < -0.4 is 56.3 Å². The first-order valence-electron chi connectivity index (χ1n) is 3.41. The van der Waals surface area contributed by atoms with Crippen LogP contribution in [0.2, 0.25) is 0 Å². The van der Waals surface area contributed by atoms with Crippen molar-refractivity contribution >= 4 is 7.37 Å². The second kappa shape index (κ2) is 7.47. The quantitative estimate of drug-likeness (QED) is 0.396. The van der Waals surface area contributed by atoms with Crippen molar-refractivity contribution in [1.82, 2.24) is 0 Å². The molecule has 0 bridgehead atoms. The molecule has 4 heteroatoms. The number of hydrogen-bond donors (Lipinski definition) is 0. The van der Waals surface area contributed by atoms with Gasteiger partial charge < -0.3 is 9.46 Å². The minimum Gasteiger partial charge on any atom is -0.799 e. The fraction of sp³-hybridized carbons (Fsp3) is 1.00. The molecule has 56 valence electrons. The third-order valence-corrected chi connectivity index (χ3v) is 3.30. The van der Waals surface area contributed by atoms with Crippen LogP contribution in [0.1, 0.15) is 26.7 Å². The van der Waals surface area contributed by atoms with Gasteiger partial charge in [0, 0.05) is 7.37 Å². The van der Waals surface area contributed by atoms with Crippen LogP contribution in [0.4, 0.5) is 0 Å². The van der Waals surface area contributed by atoms with Gasteiger partial charge in [-0.15, -0.1) is 0 Å². The Morgan fingerprint density at radius 2 is 1.90 bits per heavy atom. The molecule has 0 aromatic carbocycles. The molecule has 10 heavy (non-hydrogen) atoms. The van der Waals surface area contributed by atoms with Crippen LogP contribution >= 0.6 is 7.37 Å². The van der Waals surface area contributed by atoms with Crippen LogP contribution in [-0.4, -0.2) is 12.3 Å². The zero-order valence-electron chi connectivity index (χ0n) is 7.09. The van der Waals surface area contributed by atoms with Crippen molar-refractivity contribution in [2.45, 2.75) is 26.7 Å². The van der Waals surface area contributed by atoms with Gasteiger partial charge in [0.15, 0.2) is 0 Å². The number of hydrogen-bond acceptors (Lipinski definition) is 2. The summed E-state index contributed by atoms with van der Waals surface area (Å²) in [6.45, 7) is 3.69. The molecule has 0 fully saturated rings. The first-order valence-corrected chi connectivity index (χ1v) is 5.41. The molecule has 0 N–H and O–H groups in total. The van der Waals surface area contributed by atoms with Crippen LogP contribution in [0.25, 0.3) is 0 Å².